The number of carbonyl (C=O) groups is 1. The van der Waals surface area contributed by atoms with Crippen molar-refractivity contribution in [1.82, 2.24) is 14.9 Å². The van der Waals surface area contributed by atoms with Gasteiger partial charge in [0.05, 0.1) is 13.5 Å². The van der Waals surface area contributed by atoms with Crippen molar-refractivity contribution in [3.05, 3.63) is 34.7 Å². The molecule has 7 heteroatoms. The van der Waals surface area contributed by atoms with E-state index in [0.717, 1.165) is 30.8 Å². The molecule has 2 aromatic rings. The van der Waals surface area contributed by atoms with Gasteiger partial charge in [-0.05, 0) is 11.4 Å². The van der Waals surface area contributed by atoms with Gasteiger partial charge in [-0.25, -0.2) is 4.98 Å². The quantitative estimate of drug-likeness (QED) is 0.839. The second kappa shape index (κ2) is 7.41. The van der Waals surface area contributed by atoms with Crippen LogP contribution in [0.4, 0.5) is 0 Å². The monoisotopic (exact) mass is 333 g/mol. The maximum Gasteiger partial charge on any atom is 0.319 e. The SMILES string of the molecule is COc1nccc(OC2CCN(C(=O)Cc3cccs3)CC2)n1. The van der Waals surface area contributed by atoms with E-state index in [-0.39, 0.29) is 12.0 Å². The van der Waals surface area contributed by atoms with Crippen LogP contribution in [0.3, 0.4) is 0 Å². The predicted molar refractivity (Wildman–Crippen MR) is 86.8 cm³/mol. The zero-order chi connectivity index (χ0) is 16.1. The highest BCUT2D eigenvalue weighted by Gasteiger charge is 2.24. The average Bonchev–Trinajstić information content (AvgIpc) is 3.08. The second-order valence-electron chi connectivity index (χ2n) is 5.34. The van der Waals surface area contributed by atoms with E-state index in [1.165, 1.54) is 7.11 Å². The van der Waals surface area contributed by atoms with Crippen molar-refractivity contribution >= 4 is 17.2 Å². The zero-order valence-corrected chi connectivity index (χ0v) is 13.8. The number of methoxy groups -OCH3 is 1. The van der Waals surface area contributed by atoms with Crippen molar-refractivity contribution in [2.75, 3.05) is 20.2 Å². The predicted octanol–water partition coefficient (Wildman–Crippen LogP) is 2.16. The molecule has 0 atom stereocenters. The number of piperidine rings is 1. The molecular formula is C16H19N3O3S. The Hall–Kier alpha value is -2.15. The standard InChI is InChI=1S/C16H19N3O3S/c1-21-16-17-7-4-14(18-16)22-12-5-8-19(9-6-12)15(20)11-13-3-2-10-23-13/h2-4,7,10,12H,5-6,8-9,11H2,1H3. The third kappa shape index (κ3) is 4.19. The lowest BCUT2D eigenvalue weighted by molar-refractivity contribution is -0.132. The molecule has 0 aliphatic carbocycles. The molecule has 0 unspecified atom stereocenters. The number of carbonyl (C=O) groups excluding carboxylic acids is 1. The topological polar surface area (TPSA) is 64.6 Å². The van der Waals surface area contributed by atoms with E-state index in [2.05, 4.69) is 9.97 Å². The van der Waals surface area contributed by atoms with Crippen molar-refractivity contribution in [1.29, 1.82) is 0 Å². The number of nitrogens with zero attached hydrogens (tertiary/aromatic N) is 3. The molecular weight excluding hydrogens is 314 g/mol. The summed E-state index contributed by atoms with van der Waals surface area (Å²) in [4.78, 5) is 23.4. The number of amides is 1. The first kappa shape index (κ1) is 15.7. The molecule has 0 radical (unpaired) electrons. The highest BCUT2D eigenvalue weighted by atomic mass is 32.1. The molecule has 1 fully saturated rings. The Kier molecular flexibility index (Phi) is 5.07. The summed E-state index contributed by atoms with van der Waals surface area (Å²) in [5.41, 5.74) is 0. The van der Waals surface area contributed by atoms with Crippen LogP contribution in [0.25, 0.3) is 0 Å². The summed E-state index contributed by atoms with van der Waals surface area (Å²) in [5, 5.41) is 2.00. The van der Waals surface area contributed by atoms with Gasteiger partial charge in [0.15, 0.2) is 0 Å². The van der Waals surface area contributed by atoms with Crippen molar-refractivity contribution in [2.24, 2.45) is 0 Å². The Morgan fingerprint density at radius 2 is 2.22 bits per heavy atom. The highest BCUT2D eigenvalue weighted by Crippen LogP contribution is 2.19. The van der Waals surface area contributed by atoms with E-state index >= 15 is 0 Å². The van der Waals surface area contributed by atoms with Gasteiger partial charge in [-0.15, -0.1) is 11.3 Å². The molecule has 122 valence electrons. The zero-order valence-electron chi connectivity index (χ0n) is 13.0. The Morgan fingerprint density at radius 1 is 1.39 bits per heavy atom. The molecule has 3 heterocycles. The molecule has 0 spiro atoms. The third-order valence-corrected chi connectivity index (χ3v) is 4.65. The molecule has 1 aliphatic rings. The molecule has 2 aromatic heterocycles. The van der Waals surface area contributed by atoms with E-state index in [9.17, 15) is 4.79 Å². The summed E-state index contributed by atoms with van der Waals surface area (Å²) in [7, 11) is 1.52. The van der Waals surface area contributed by atoms with Crippen LogP contribution in [0.1, 0.15) is 17.7 Å². The largest absolute Gasteiger partial charge is 0.474 e. The first-order valence-corrected chi connectivity index (χ1v) is 8.46. The van der Waals surface area contributed by atoms with E-state index in [1.54, 1.807) is 23.6 Å². The fourth-order valence-corrected chi connectivity index (χ4v) is 3.25. The average molecular weight is 333 g/mol. The number of hydrogen-bond acceptors (Lipinski definition) is 6. The Morgan fingerprint density at radius 3 is 2.91 bits per heavy atom. The van der Waals surface area contributed by atoms with Gasteiger partial charge in [-0.3, -0.25) is 4.79 Å². The van der Waals surface area contributed by atoms with Crippen LogP contribution >= 0.6 is 11.3 Å². The highest BCUT2D eigenvalue weighted by molar-refractivity contribution is 7.10. The van der Waals surface area contributed by atoms with E-state index in [1.807, 2.05) is 22.4 Å². The van der Waals surface area contributed by atoms with Crippen molar-refractivity contribution < 1.29 is 14.3 Å². The Labute approximate surface area is 139 Å². The van der Waals surface area contributed by atoms with Gasteiger partial charge < -0.3 is 14.4 Å². The van der Waals surface area contributed by atoms with Crippen LogP contribution in [-0.4, -0.2) is 47.1 Å². The minimum absolute atomic E-state index is 0.0698. The summed E-state index contributed by atoms with van der Waals surface area (Å²) >= 11 is 1.62. The van der Waals surface area contributed by atoms with Gasteiger partial charge in [0, 0.05) is 43.1 Å². The number of rotatable bonds is 5. The van der Waals surface area contributed by atoms with Crippen LogP contribution in [0, 0.1) is 0 Å². The summed E-state index contributed by atoms with van der Waals surface area (Å²) in [6, 6.07) is 5.99. The molecule has 23 heavy (non-hydrogen) atoms. The Bertz CT molecular complexity index is 640. The van der Waals surface area contributed by atoms with Crippen molar-refractivity contribution in [2.45, 2.75) is 25.4 Å². The molecule has 1 saturated heterocycles. The van der Waals surface area contributed by atoms with Crippen molar-refractivity contribution in [3.8, 4) is 11.9 Å². The first-order chi connectivity index (χ1) is 11.2. The minimum atomic E-state index is 0.0698. The fraction of sp³-hybridized carbons (Fsp3) is 0.438. The molecule has 0 bridgehead atoms. The molecule has 0 aromatic carbocycles. The lowest BCUT2D eigenvalue weighted by atomic mass is 10.1. The smallest absolute Gasteiger partial charge is 0.319 e. The normalized spacial score (nSPS) is 15.4. The van der Waals surface area contributed by atoms with Crippen LogP contribution < -0.4 is 9.47 Å². The Balaban J connectivity index is 1.49. The lowest BCUT2D eigenvalue weighted by Gasteiger charge is -2.31. The van der Waals surface area contributed by atoms with E-state index in [4.69, 9.17) is 9.47 Å². The number of likely N-dealkylation sites (tertiary alicyclic amines) is 1. The maximum atomic E-state index is 12.3. The number of hydrogen-bond donors (Lipinski definition) is 0. The van der Waals surface area contributed by atoms with Gasteiger partial charge in [-0.2, -0.15) is 4.98 Å². The summed E-state index contributed by atoms with van der Waals surface area (Å²) in [5.74, 6) is 0.704. The second-order valence-corrected chi connectivity index (χ2v) is 6.37. The summed E-state index contributed by atoms with van der Waals surface area (Å²) in [6.45, 7) is 1.44. The van der Waals surface area contributed by atoms with Crippen LogP contribution in [0.2, 0.25) is 0 Å². The third-order valence-electron chi connectivity index (χ3n) is 3.78. The van der Waals surface area contributed by atoms with Crippen LogP contribution in [-0.2, 0) is 11.2 Å². The van der Waals surface area contributed by atoms with E-state index in [0.29, 0.717) is 18.3 Å². The molecule has 3 rings (SSSR count). The molecule has 0 saturated carbocycles. The molecule has 1 aliphatic heterocycles. The maximum absolute atomic E-state index is 12.3. The van der Waals surface area contributed by atoms with Gasteiger partial charge in [-0.1, -0.05) is 6.07 Å². The van der Waals surface area contributed by atoms with Crippen LogP contribution in [0.5, 0.6) is 11.9 Å². The van der Waals surface area contributed by atoms with Crippen molar-refractivity contribution in [3.63, 3.8) is 0 Å². The molecule has 0 N–H and O–H groups in total. The van der Waals surface area contributed by atoms with Gasteiger partial charge in [0.1, 0.15) is 6.10 Å². The van der Waals surface area contributed by atoms with E-state index < -0.39 is 0 Å². The van der Waals surface area contributed by atoms with Crippen LogP contribution in [0.15, 0.2) is 29.8 Å². The first-order valence-electron chi connectivity index (χ1n) is 7.58. The van der Waals surface area contributed by atoms with Gasteiger partial charge in [0.2, 0.25) is 11.8 Å². The number of ether oxygens (including phenoxy) is 2. The number of thiophene rings is 1. The lowest BCUT2D eigenvalue weighted by Crippen LogP contribution is -2.42. The molecule has 1 amide bonds. The van der Waals surface area contributed by atoms with Gasteiger partial charge in [0.25, 0.3) is 0 Å². The minimum Gasteiger partial charge on any atom is -0.474 e. The summed E-state index contributed by atoms with van der Waals surface area (Å²) in [6.07, 6.45) is 3.79. The van der Waals surface area contributed by atoms with Gasteiger partial charge >= 0.3 is 6.01 Å². The number of aromatic nitrogens is 2. The molecule has 6 nitrogen and oxygen atoms in total. The fourth-order valence-electron chi connectivity index (χ4n) is 2.56. The summed E-state index contributed by atoms with van der Waals surface area (Å²) < 4.78 is 10.9.